The molecule has 0 aromatic heterocycles. The predicted molar refractivity (Wildman–Crippen MR) is 180 cm³/mol. The number of rotatable bonds is 11. The van der Waals surface area contributed by atoms with Gasteiger partial charge >= 0.3 is 0 Å². The Hall–Kier alpha value is -3.63. The molecule has 46 heavy (non-hydrogen) atoms. The normalized spacial score (nSPS) is 24.7. The monoisotopic (exact) mass is 637 g/mol. The summed E-state index contributed by atoms with van der Waals surface area (Å²) >= 11 is 0. The van der Waals surface area contributed by atoms with Crippen molar-refractivity contribution in [2.45, 2.75) is 75.5 Å². The van der Waals surface area contributed by atoms with Crippen LogP contribution in [0.3, 0.4) is 0 Å². The number of benzene rings is 4. The lowest BCUT2D eigenvalue weighted by Gasteiger charge is -2.44. The van der Waals surface area contributed by atoms with Crippen molar-refractivity contribution in [1.82, 2.24) is 4.90 Å². The first-order valence-electron chi connectivity index (χ1n) is 16.0. The van der Waals surface area contributed by atoms with Gasteiger partial charge in [-0.1, -0.05) is 142 Å². The topological polar surface area (TPSA) is 88.5 Å². The van der Waals surface area contributed by atoms with Crippen LogP contribution in [0.2, 0.25) is 5.04 Å². The Morgan fingerprint density at radius 2 is 1.11 bits per heavy atom. The van der Waals surface area contributed by atoms with E-state index in [0.29, 0.717) is 6.61 Å². The summed E-state index contributed by atoms with van der Waals surface area (Å²) in [7, 11) is -2.99. The van der Waals surface area contributed by atoms with Crippen LogP contribution in [0.4, 0.5) is 0 Å². The molecule has 7 nitrogen and oxygen atoms in total. The van der Waals surface area contributed by atoms with Crippen molar-refractivity contribution >= 4 is 24.6 Å². The number of hydrogen-bond donors (Lipinski definition) is 2. The number of fused-ring (bicyclic) bond motifs is 1. The number of aliphatic hydroxyl groups excluding tert-OH is 2. The molecule has 0 unspecified atom stereocenters. The molecule has 0 aliphatic carbocycles. The predicted octanol–water partition coefficient (Wildman–Crippen LogP) is 4.05. The van der Waals surface area contributed by atoms with Crippen molar-refractivity contribution in [3.63, 3.8) is 0 Å². The number of carbonyl (C=O) groups excluding carboxylic acids is 1. The van der Waals surface area contributed by atoms with Gasteiger partial charge in [0.15, 0.2) is 6.10 Å². The molecule has 2 heterocycles. The molecule has 6 rings (SSSR count). The van der Waals surface area contributed by atoms with E-state index in [4.69, 9.17) is 13.9 Å². The Bertz CT molecular complexity index is 1530. The van der Waals surface area contributed by atoms with Crippen LogP contribution < -0.4 is 10.4 Å². The summed E-state index contributed by atoms with van der Waals surface area (Å²) in [5.74, 6) is -0.535. The molecule has 2 aliphatic rings. The maximum Gasteiger partial charge on any atom is 0.261 e. The first-order valence-corrected chi connectivity index (χ1v) is 17.9. The van der Waals surface area contributed by atoms with Crippen LogP contribution >= 0.6 is 0 Å². The van der Waals surface area contributed by atoms with Crippen LogP contribution in [0, 0.1) is 0 Å². The van der Waals surface area contributed by atoms with Gasteiger partial charge in [-0.2, -0.15) is 0 Å². The van der Waals surface area contributed by atoms with Crippen molar-refractivity contribution < 1.29 is 28.9 Å². The summed E-state index contributed by atoms with van der Waals surface area (Å²) in [6, 6.07) is 38.9. The van der Waals surface area contributed by atoms with Gasteiger partial charge in [-0.3, -0.25) is 4.79 Å². The fourth-order valence-electron chi connectivity index (χ4n) is 7.19. The van der Waals surface area contributed by atoms with Crippen molar-refractivity contribution in [3.05, 3.63) is 132 Å². The Morgan fingerprint density at radius 3 is 1.57 bits per heavy atom. The molecule has 4 aromatic carbocycles. The summed E-state index contributed by atoms with van der Waals surface area (Å²) in [5, 5.41) is 24.0. The molecular formula is C38H43NO6Si. The molecule has 240 valence electrons. The first kappa shape index (κ1) is 32.3. The van der Waals surface area contributed by atoms with E-state index < -0.39 is 50.7 Å². The van der Waals surface area contributed by atoms with Gasteiger partial charge in [0.05, 0.1) is 31.9 Å². The van der Waals surface area contributed by atoms with Gasteiger partial charge in [0, 0.05) is 0 Å². The van der Waals surface area contributed by atoms with Crippen LogP contribution in [-0.2, 0) is 31.9 Å². The third kappa shape index (κ3) is 6.09. The second-order valence-electron chi connectivity index (χ2n) is 13.2. The van der Waals surface area contributed by atoms with Crippen molar-refractivity contribution in [2.75, 3.05) is 6.61 Å². The Morgan fingerprint density at radius 1 is 0.674 bits per heavy atom. The second-order valence-corrected chi connectivity index (χ2v) is 17.5. The molecule has 1 amide bonds. The highest BCUT2D eigenvalue weighted by Gasteiger charge is 2.63. The molecule has 0 radical (unpaired) electrons. The smallest absolute Gasteiger partial charge is 0.261 e. The molecule has 0 saturated carbocycles. The van der Waals surface area contributed by atoms with Crippen LogP contribution in [-0.4, -0.2) is 72.4 Å². The lowest BCUT2D eigenvalue weighted by molar-refractivity contribution is -0.140. The zero-order valence-corrected chi connectivity index (χ0v) is 27.6. The Kier molecular flexibility index (Phi) is 9.56. The maximum absolute atomic E-state index is 13.7. The third-order valence-corrected chi connectivity index (χ3v) is 14.4. The van der Waals surface area contributed by atoms with Crippen LogP contribution in [0.25, 0.3) is 0 Å². The second kappa shape index (κ2) is 13.6. The fraction of sp³-hybridized carbons (Fsp3) is 0.342. The molecular weight excluding hydrogens is 595 g/mol. The molecule has 2 N–H and O–H groups in total. The minimum Gasteiger partial charge on any atom is -0.405 e. The average molecular weight is 638 g/mol. The Balaban J connectivity index is 1.40. The van der Waals surface area contributed by atoms with E-state index in [0.717, 1.165) is 21.5 Å². The van der Waals surface area contributed by atoms with E-state index in [1.807, 2.05) is 97.1 Å². The summed E-state index contributed by atoms with van der Waals surface area (Å²) in [6.45, 7) is 7.32. The summed E-state index contributed by atoms with van der Waals surface area (Å²) in [4.78, 5) is 15.3. The summed E-state index contributed by atoms with van der Waals surface area (Å²) < 4.78 is 20.5. The number of amides is 1. The van der Waals surface area contributed by atoms with E-state index in [1.54, 1.807) is 4.90 Å². The quantitative estimate of drug-likeness (QED) is 0.242. The standard InChI is InChI=1S/C38H43NO6Si/c1-38(2,3)46(29-20-12-6-13-21-29,30-22-14-7-15-23-30)45-26-31-35(43-24-27-16-8-4-9-17-27)36(44-25-28-18-10-5-11-19-28)32-33(40)34(41)37(42)39(31)32/h4-23,31-36,40-41H,24-26H2,1-3H3/t31-,32+,33+,34-,35+,36+/m0/s1. The van der Waals surface area contributed by atoms with Crippen molar-refractivity contribution in [3.8, 4) is 0 Å². The van der Waals surface area contributed by atoms with E-state index in [9.17, 15) is 15.0 Å². The van der Waals surface area contributed by atoms with E-state index >= 15 is 0 Å². The van der Waals surface area contributed by atoms with Gasteiger partial charge in [-0.05, 0) is 26.5 Å². The average Bonchev–Trinajstić information content (AvgIpc) is 3.50. The largest absolute Gasteiger partial charge is 0.405 e. The number of nitrogens with zero attached hydrogens (tertiary/aromatic N) is 1. The minimum atomic E-state index is -2.99. The van der Waals surface area contributed by atoms with Gasteiger partial charge < -0.3 is 29.0 Å². The highest BCUT2D eigenvalue weighted by Crippen LogP contribution is 2.41. The van der Waals surface area contributed by atoms with Crippen LogP contribution in [0.5, 0.6) is 0 Å². The minimum absolute atomic E-state index is 0.139. The van der Waals surface area contributed by atoms with Crippen molar-refractivity contribution in [2.24, 2.45) is 0 Å². The highest BCUT2D eigenvalue weighted by molar-refractivity contribution is 6.99. The molecule has 0 spiro atoms. The maximum atomic E-state index is 13.7. The zero-order valence-electron chi connectivity index (χ0n) is 26.6. The number of aliphatic hydroxyl groups is 2. The van der Waals surface area contributed by atoms with E-state index in [-0.39, 0.29) is 18.3 Å². The molecule has 2 fully saturated rings. The van der Waals surface area contributed by atoms with Gasteiger partial charge in [-0.15, -0.1) is 0 Å². The SMILES string of the molecule is CC(C)(C)[Si](OC[C@H]1[C@@H](OCc2ccccc2)[C@H](OCc2ccccc2)[C@H]2[C@@H](O)[C@H](O)C(=O)N21)(c1ccccc1)c1ccccc1. The van der Waals surface area contributed by atoms with E-state index in [2.05, 4.69) is 45.0 Å². The lowest BCUT2D eigenvalue weighted by atomic mass is 10.0. The molecule has 0 bridgehead atoms. The molecule has 6 atom stereocenters. The number of carbonyl (C=O) groups is 1. The van der Waals surface area contributed by atoms with Gasteiger partial charge in [0.1, 0.15) is 18.3 Å². The van der Waals surface area contributed by atoms with Gasteiger partial charge in [0.25, 0.3) is 14.2 Å². The number of hydrogen-bond acceptors (Lipinski definition) is 6. The molecule has 2 aliphatic heterocycles. The number of ether oxygens (including phenoxy) is 2. The molecule has 8 heteroatoms. The molecule has 4 aromatic rings. The molecule has 2 saturated heterocycles. The van der Waals surface area contributed by atoms with Gasteiger partial charge in [-0.25, -0.2) is 0 Å². The fourth-order valence-corrected chi connectivity index (χ4v) is 11.8. The highest BCUT2D eigenvalue weighted by atomic mass is 28.4. The Labute approximate surface area is 272 Å². The lowest BCUT2D eigenvalue weighted by Crippen LogP contribution is -2.67. The summed E-state index contributed by atoms with van der Waals surface area (Å²) in [5.41, 5.74) is 1.94. The third-order valence-electron chi connectivity index (χ3n) is 9.36. The van der Waals surface area contributed by atoms with Crippen LogP contribution in [0.15, 0.2) is 121 Å². The first-order chi connectivity index (χ1) is 22.2. The summed E-state index contributed by atoms with van der Waals surface area (Å²) in [6.07, 6.45) is -4.20. The van der Waals surface area contributed by atoms with Gasteiger partial charge in [0.2, 0.25) is 0 Å². The van der Waals surface area contributed by atoms with E-state index in [1.165, 1.54) is 0 Å². The van der Waals surface area contributed by atoms with Crippen molar-refractivity contribution in [1.29, 1.82) is 0 Å². The zero-order chi connectivity index (χ0) is 32.3. The van der Waals surface area contributed by atoms with Crippen LogP contribution in [0.1, 0.15) is 31.9 Å².